The molecule has 0 aliphatic carbocycles. The molecule has 1 heterocycles. The first-order chi connectivity index (χ1) is 11.2. The second kappa shape index (κ2) is 7.95. The van der Waals surface area contributed by atoms with Crippen LogP contribution in [0.5, 0.6) is 0 Å². The fourth-order valence-electron chi connectivity index (χ4n) is 2.55. The maximum absolute atomic E-state index is 13.3. The van der Waals surface area contributed by atoms with Crippen molar-refractivity contribution in [3.63, 3.8) is 0 Å². The Kier molecular flexibility index (Phi) is 6.41. The topological polar surface area (TPSA) is 52.6 Å². The largest absolute Gasteiger partial charge is 0.344 e. The first-order valence-corrected chi connectivity index (χ1v) is 10.2. The lowest BCUT2D eigenvalue weighted by atomic mass is 10.2. The minimum Gasteiger partial charge on any atom is -0.344 e. The van der Waals surface area contributed by atoms with Crippen LogP contribution in [0.15, 0.2) is 18.2 Å². The molecule has 0 aromatic heterocycles. The summed E-state index contributed by atoms with van der Waals surface area (Å²) in [6, 6.07) is 4.12. The van der Waals surface area contributed by atoms with E-state index in [1.807, 2.05) is 23.9 Å². The van der Waals surface area contributed by atoms with Crippen molar-refractivity contribution in [2.24, 2.45) is 0 Å². The molecule has 1 aliphatic heterocycles. The molecule has 5 nitrogen and oxygen atoms in total. The molecule has 1 atom stereocenters. The molecule has 24 heavy (non-hydrogen) atoms. The zero-order valence-electron chi connectivity index (χ0n) is 13.6. The number of nitrogens with one attached hydrogen (secondary N) is 1. The predicted octanol–water partition coefficient (Wildman–Crippen LogP) is 2.23. The van der Waals surface area contributed by atoms with Gasteiger partial charge in [-0.15, -0.1) is 0 Å². The first-order valence-electron chi connectivity index (χ1n) is 7.56. The number of benzene rings is 1. The summed E-state index contributed by atoms with van der Waals surface area (Å²) in [7, 11) is 0.877. The van der Waals surface area contributed by atoms with Crippen LogP contribution >= 0.6 is 23.8 Å². The van der Waals surface area contributed by atoms with Gasteiger partial charge in [0.05, 0.1) is 16.5 Å². The Morgan fingerprint density at radius 3 is 2.67 bits per heavy atom. The number of hydrogen-bond donors (Lipinski definition) is 1. The summed E-state index contributed by atoms with van der Waals surface area (Å²) in [6.45, 7) is 1.34. The molecule has 1 fully saturated rings. The van der Waals surface area contributed by atoms with Crippen molar-refractivity contribution in [3.8, 4) is 0 Å². The minimum absolute atomic E-state index is 0.00563. The SMILES string of the molecule is CN(C)CCN(C(=S)Nc1ccc(F)c(Cl)c1)C1CCS(=O)(=O)C1. The Balaban J connectivity index is 2.12. The molecule has 1 N–H and O–H groups in total. The van der Waals surface area contributed by atoms with E-state index >= 15 is 0 Å². The van der Waals surface area contributed by atoms with Crippen molar-refractivity contribution >= 4 is 44.5 Å². The minimum atomic E-state index is -3.01. The molecule has 0 spiro atoms. The maximum atomic E-state index is 13.3. The number of likely N-dealkylation sites (N-methyl/N-ethyl adjacent to an activating group) is 1. The van der Waals surface area contributed by atoms with Crippen molar-refractivity contribution in [1.29, 1.82) is 0 Å². The van der Waals surface area contributed by atoms with Crippen molar-refractivity contribution < 1.29 is 12.8 Å². The summed E-state index contributed by atoms with van der Waals surface area (Å²) in [5, 5.41) is 3.45. The van der Waals surface area contributed by atoms with Gasteiger partial charge in [0.15, 0.2) is 14.9 Å². The second-order valence-corrected chi connectivity index (χ2v) is 9.14. The summed E-state index contributed by atoms with van der Waals surface area (Å²) in [6.07, 6.45) is 0.557. The molecular formula is C15H21ClFN3O2S2. The van der Waals surface area contributed by atoms with Gasteiger partial charge in [-0.05, 0) is 50.9 Å². The number of hydrogen-bond acceptors (Lipinski definition) is 4. The number of sulfone groups is 1. The normalized spacial score (nSPS) is 19.5. The van der Waals surface area contributed by atoms with Crippen LogP contribution in [-0.2, 0) is 9.84 Å². The van der Waals surface area contributed by atoms with Crippen molar-refractivity contribution in [3.05, 3.63) is 29.0 Å². The number of nitrogens with zero attached hydrogens (tertiary/aromatic N) is 2. The zero-order valence-corrected chi connectivity index (χ0v) is 16.0. The Labute approximate surface area is 152 Å². The molecule has 0 radical (unpaired) electrons. The second-order valence-electron chi connectivity index (χ2n) is 6.11. The van der Waals surface area contributed by atoms with Crippen molar-refractivity contribution in [2.45, 2.75) is 12.5 Å². The van der Waals surface area contributed by atoms with Gasteiger partial charge in [-0.25, -0.2) is 12.8 Å². The molecule has 0 saturated carbocycles. The van der Waals surface area contributed by atoms with Crippen LogP contribution in [-0.4, -0.2) is 68.1 Å². The van der Waals surface area contributed by atoms with Gasteiger partial charge in [0.25, 0.3) is 0 Å². The lowest BCUT2D eigenvalue weighted by Gasteiger charge is -2.32. The van der Waals surface area contributed by atoms with Crippen molar-refractivity contribution in [1.82, 2.24) is 9.80 Å². The Morgan fingerprint density at radius 2 is 2.12 bits per heavy atom. The number of thiocarbonyl (C=S) groups is 1. The molecule has 0 amide bonds. The molecule has 1 aromatic carbocycles. The van der Waals surface area contributed by atoms with E-state index in [2.05, 4.69) is 5.32 Å². The van der Waals surface area contributed by atoms with Gasteiger partial charge in [-0.2, -0.15) is 0 Å². The number of halogens is 2. The third-order valence-corrected chi connectivity index (χ3v) is 6.25. The van der Waals surface area contributed by atoms with Crippen LogP contribution in [0, 0.1) is 5.82 Å². The average Bonchev–Trinajstić information content (AvgIpc) is 2.83. The fourth-order valence-corrected chi connectivity index (χ4v) is 4.82. The van der Waals surface area contributed by atoms with E-state index < -0.39 is 15.7 Å². The van der Waals surface area contributed by atoms with E-state index in [0.29, 0.717) is 23.8 Å². The van der Waals surface area contributed by atoms with Gasteiger partial charge >= 0.3 is 0 Å². The van der Waals surface area contributed by atoms with E-state index in [-0.39, 0.29) is 22.6 Å². The highest BCUT2D eigenvalue weighted by Crippen LogP contribution is 2.22. The Morgan fingerprint density at radius 1 is 1.42 bits per heavy atom. The van der Waals surface area contributed by atoms with Crippen LogP contribution in [0.3, 0.4) is 0 Å². The van der Waals surface area contributed by atoms with Crippen LogP contribution in [0.25, 0.3) is 0 Å². The lowest BCUT2D eigenvalue weighted by molar-refractivity contribution is 0.289. The molecular weight excluding hydrogens is 373 g/mol. The fraction of sp³-hybridized carbons (Fsp3) is 0.533. The summed E-state index contributed by atoms with van der Waals surface area (Å²) in [4.78, 5) is 3.91. The van der Waals surface area contributed by atoms with E-state index in [1.165, 1.54) is 12.1 Å². The van der Waals surface area contributed by atoms with Crippen LogP contribution < -0.4 is 5.32 Å². The molecule has 1 saturated heterocycles. The quantitative estimate of drug-likeness (QED) is 0.774. The van der Waals surface area contributed by atoms with Crippen molar-refractivity contribution in [2.75, 3.05) is 44.0 Å². The van der Waals surface area contributed by atoms with Gasteiger partial charge in [0.2, 0.25) is 0 Å². The molecule has 1 unspecified atom stereocenters. The van der Waals surface area contributed by atoms with E-state index in [0.717, 1.165) is 6.54 Å². The van der Waals surface area contributed by atoms with Gasteiger partial charge in [-0.1, -0.05) is 11.6 Å². The van der Waals surface area contributed by atoms with E-state index in [4.69, 9.17) is 23.8 Å². The lowest BCUT2D eigenvalue weighted by Crippen LogP contribution is -2.46. The smallest absolute Gasteiger partial charge is 0.173 e. The number of rotatable bonds is 5. The molecule has 9 heteroatoms. The van der Waals surface area contributed by atoms with Gasteiger partial charge < -0.3 is 15.1 Å². The predicted molar refractivity (Wildman–Crippen MR) is 99.9 cm³/mol. The third kappa shape index (κ3) is 5.27. The molecule has 2 rings (SSSR count). The van der Waals surface area contributed by atoms with Gasteiger partial charge in [-0.3, -0.25) is 0 Å². The number of anilines is 1. The summed E-state index contributed by atoms with van der Waals surface area (Å²) in [5.74, 6) is -0.215. The molecule has 134 valence electrons. The molecule has 1 aromatic rings. The standard InChI is InChI=1S/C15H21ClFN3O2S2/c1-19(2)6-7-20(12-5-8-24(21,22)10-12)15(23)18-11-3-4-14(17)13(16)9-11/h3-4,9,12H,5-8,10H2,1-2H3,(H,18,23). The van der Waals surface area contributed by atoms with Crippen LogP contribution in [0.2, 0.25) is 5.02 Å². The van der Waals surface area contributed by atoms with Crippen LogP contribution in [0.1, 0.15) is 6.42 Å². The highest BCUT2D eigenvalue weighted by molar-refractivity contribution is 7.91. The Hall–Kier alpha value is -0.960. The summed E-state index contributed by atoms with van der Waals surface area (Å²) < 4.78 is 36.8. The maximum Gasteiger partial charge on any atom is 0.173 e. The summed E-state index contributed by atoms with van der Waals surface area (Å²) in [5.41, 5.74) is 0.571. The average molecular weight is 394 g/mol. The van der Waals surface area contributed by atoms with E-state index in [1.54, 1.807) is 6.07 Å². The third-order valence-electron chi connectivity index (χ3n) is 3.87. The van der Waals surface area contributed by atoms with E-state index in [9.17, 15) is 12.8 Å². The molecule has 1 aliphatic rings. The highest BCUT2D eigenvalue weighted by Gasteiger charge is 2.33. The summed E-state index contributed by atoms with van der Waals surface area (Å²) >= 11 is 11.2. The Bertz CT molecular complexity index is 713. The monoisotopic (exact) mass is 393 g/mol. The van der Waals surface area contributed by atoms with Gasteiger partial charge in [0.1, 0.15) is 5.82 Å². The first kappa shape index (κ1) is 19.4. The highest BCUT2D eigenvalue weighted by atomic mass is 35.5. The van der Waals surface area contributed by atoms with Gasteiger partial charge in [0, 0.05) is 24.8 Å². The zero-order chi connectivity index (χ0) is 17.9. The van der Waals surface area contributed by atoms with Crippen LogP contribution in [0.4, 0.5) is 10.1 Å². The molecule has 0 bridgehead atoms.